The Morgan fingerprint density at radius 3 is 2.46 bits per heavy atom. The first-order valence-electron chi connectivity index (χ1n) is 12.7. The molecule has 1 N–H and O–H groups in total. The Hall–Kier alpha value is -3.67. The Balaban J connectivity index is 1.43. The van der Waals surface area contributed by atoms with Crippen LogP contribution in [0.5, 0.6) is 0 Å². The van der Waals surface area contributed by atoms with E-state index in [1.165, 1.54) is 6.26 Å². The van der Waals surface area contributed by atoms with Gasteiger partial charge in [0.2, 0.25) is 0 Å². The van der Waals surface area contributed by atoms with Crippen molar-refractivity contribution < 1.29 is 13.2 Å². The van der Waals surface area contributed by atoms with Crippen LogP contribution in [0.25, 0.3) is 33.1 Å². The van der Waals surface area contributed by atoms with Crippen molar-refractivity contribution in [2.45, 2.75) is 44.2 Å². The molecule has 5 aromatic rings. The summed E-state index contributed by atoms with van der Waals surface area (Å²) >= 11 is 0. The van der Waals surface area contributed by atoms with Crippen LogP contribution in [0.15, 0.2) is 66.1 Å². The van der Waals surface area contributed by atoms with E-state index in [0.29, 0.717) is 12.5 Å². The van der Waals surface area contributed by atoms with Crippen LogP contribution < -0.4 is 5.32 Å². The quantitative estimate of drug-likeness (QED) is 0.178. The SMILES string of the molecule is Cc1c(-c2nccc3cnc(Nc4ccc(S(C)(=O)=O)cc4)cc23)ncc2nn(COCC[Si](C)(C)C)cc12. The topological polar surface area (TPSA) is 112 Å². The number of aromatic nitrogens is 5. The van der Waals surface area contributed by atoms with Gasteiger partial charge >= 0.3 is 0 Å². The maximum atomic E-state index is 11.8. The zero-order valence-corrected chi connectivity index (χ0v) is 24.6. The van der Waals surface area contributed by atoms with Gasteiger partial charge in [-0.05, 0) is 54.9 Å². The predicted molar refractivity (Wildman–Crippen MR) is 158 cm³/mol. The molecular formula is C28H32N6O3SSi. The summed E-state index contributed by atoms with van der Waals surface area (Å²) in [6.45, 7) is 10.2. The lowest BCUT2D eigenvalue weighted by Crippen LogP contribution is -2.22. The van der Waals surface area contributed by atoms with Crippen LogP contribution in [0.1, 0.15) is 5.56 Å². The van der Waals surface area contributed by atoms with Crippen LogP contribution in [-0.2, 0) is 21.3 Å². The number of anilines is 2. The number of nitrogens with one attached hydrogen (secondary N) is 1. The third kappa shape index (κ3) is 6.16. The maximum Gasteiger partial charge on any atom is 0.175 e. The van der Waals surface area contributed by atoms with Gasteiger partial charge in [0.25, 0.3) is 0 Å². The van der Waals surface area contributed by atoms with Crippen LogP contribution in [-0.4, -0.2) is 54.1 Å². The normalized spacial score (nSPS) is 12.3. The van der Waals surface area contributed by atoms with E-state index in [1.54, 1.807) is 42.9 Å². The molecule has 5 rings (SSSR count). The van der Waals surface area contributed by atoms with Gasteiger partial charge in [0.1, 0.15) is 18.1 Å². The average Bonchev–Trinajstić information content (AvgIpc) is 3.30. The minimum atomic E-state index is -3.26. The van der Waals surface area contributed by atoms with Crippen molar-refractivity contribution in [1.29, 1.82) is 0 Å². The third-order valence-corrected chi connectivity index (χ3v) is 9.34. The first-order valence-corrected chi connectivity index (χ1v) is 18.3. The van der Waals surface area contributed by atoms with Gasteiger partial charge in [-0.3, -0.25) is 9.97 Å². The van der Waals surface area contributed by atoms with Crippen LogP contribution >= 0.6 is 0 Å². The maximum absolute atomic E-state index is 11.8. The van der Waals surface area contributed by atoms with E-state index in [2.05, 4.69) is 40.0 Å². The molecule has 0 spiro atoms. The van der Waals surface area contributed by atoms with E-state index in [1.807, 2.05) is 29.9 Å². The second-order valence-electron chi connectivity index (χ2n) is 10.9. The predicted octanol–water partition coefficient (Wildman–Crippen LogP) is 5.81. The average molecular weight is 561 g/mol. The Morgan fingerprint density at radius 1 is 0.974 bits per heavy atom. The molecule has 0 saturated heterocycles. The molecule has 1 aromatic carbocycles. The number of hydrogen-bond acceptors (Lipinski definition) is 8. The number of fused-ring (bicyclic) bond motifs is 2. The third-order valence-electron chi connectivity index (χ3n) is 6.51. The molecule has 0 saturated carbocycles. The lowest BCUT2D eigenvalue weighted by Gasteiger charge is -2.15. The van der Waals surface area contributed by atoms with Gasteiger partial charge in [-0.2, -0.15) is 5.10 Å². The van der Waals surface area contributed by atoms with Crippen molar-refractivity contribution in [1.82, 2.24) is 24.7 Å². The molecule has 0 amide bonds. The number of aryl methyl sites for hydroxylation is 1. The standard InChI is InChI=1S/C28H32N6O3SSi/c1-19-24-17-34(18-37-12-13-39(3,4)5)33-25(24)16-31-27(19)28-23-14-26(30-15-20(23)10-11-29-28)32-21-6-8-22(9-7-21)38(2,35)36/h6-11,14-17H,12-13,18H2,1-5H3,(H,30,32). The molecule has 0 aliphatic carbocycles. The number of sulfone groups is 1. The molecule has 0 bridgehead atoms. The Kier molecular flexibility index (Phi) is 7.23. The highest BCUT2D eigenvalue weighted by atomic mass is 32.2. The molecule has 9 nitrogen and oxygen atoms in total. The molecule has 4 aromatic heterocycles. The smallest absolute Gasteiger partial charge is 0.175 e. The molecule has 0 unspecified atom stereocenters. The zero-order chi connectivity index (χ0) is 27.8. The molecule has 0 radical (unpaired) electrons. The van der Waals surface area contributed by atoms with Gasteiger partial charge in [0.05, 0.1) is 22.5 Å². The number of rotatable bonds is 9. The molecule has 0 fully saturated rings. The lowest BCUT2D eigenvalue weighted by atomic mass is 10.0. The molecule has 202 valence electrons. The van der Waals surface area contributed by atoms with E-state index < -0.39 is 17.9 Å². The second-order valence-corrected chi connectivity index (χ2v) is 18.6. The summed E-state index contributed by atoms with van der Waals surface area (Å²) in [5.41, 5.74) is 4.07. The fourth-order valence-electron chi connectivity index (χ4n) is 4.27. The summed E-state index contributed by atoms with van der Waals surface area (Å²) in [7, 11) is -4.40. The van der Waals surface area contributed by atoms with E-state index >= 15 is 0 Å². The second kappa shape index (κ2) is 10.5. The van der Waals surface area contributed by atoms with Crippen molar-refractivity contribution in [2.24, 2.45) is 0 Å². The summed E-state index contributed by atoms with van der Waals surface area (Å²) in [4.78, 5) is 14.2. The van der Waals surface area contributed by atoms with E-state index in [0.717, 1.165) is 57.0 Å². The lowest BCUT2D eigenvalue weighted by molar-refractivity contribution is 0.0791. The largest absolute Gasteiger partial charge is 0.360 e. The summed E-state index contributed by atoms with van der Waals surface area (Å²) in [5.74, 6) is 0.617. The van der Waals surface area contributed by atoms with Crippen molar-refractivity contribution in [2.75, 3.05) is 18.2 Å². The van der Waals surface area contributed by atoms with E-state index in [4.69, 9.17) is 9.72 Å². The van der Waals surface area contributed by atoms with Crippen LogP contribution in [0.2, 0.25) is 25.7 Å². The van der Waals surface area contributed by atoms with E-state index in [-0.39, 0.29) is 4.90 Å². The van der Waals surface area contributed by atoms with Gasteiger partial charge in [0, 0.05) is 61.4 Å². The minimum absolute atomic E-state index is 0.268. The number of pyridine rings is 3. The highest BCUT2D eigenvalue weighted by Gasteiger charge is 2.16. The Bertz CT molecular complexity index is 1760. The fourth-order valence-corrected chi connectivity index (χ4v) is 5.66. The molecule has 4 heterocycles. The van der Waals surface area contributed by atoms with Gasteiger partial charge < -0.3 is 10.1 Å². The number of nitrogens with zero attached hydrogens (tertiary/aromatic N) is 5. The molecule has 0 aliphatic heterocycles. The first kappa shape index (κ1) is 26.9. The zero-order valence-electron chi connectivity index (χ0n) is 22.8. The van der Waals surface area contributed by atoms with Crippen molar-refractivity contribution in [3.63, 3.8) is 0 Å². The summed E-state index contributed by atoms with van der Waals surface area (Å²) in [5, 5.41) is 10.7. The number of benzene rings is 1. The van der Waals surface area contributed by atoms with Gasteiger partial charge in [-0.15, -0.1) is 0 Å². The highest BCUT2D eigenvalue weighted by molar-refractivity contribution is 7.90. The van der Waals surface area contributed by atoms with Crippen LogP contribution in [0.4, 0.5) is 11.5 Å². The Morgan fingerprint density at radius 2 is 1.74 bits per heavy atom. The van der Waals surface area contributed by atoms with Crippen molar-refractivity contribution in [3.8, 4) is 11.4 Å². The van der Waals surface area contributed by atoms with Crippen molar-refractivity contribution in [3.05, 3.63) is 66.7 Å². The molecule has 0 aliphatic rings. The van der Waals surface area contributed by atoms with E-state index in [9.17, 15) is 8.42 Å². The van der Waals surface area contributed by atoms with Gasteiger partial charge in [0.15, 0.2) is 9.84 Å². The molecular weight excluding hydrogens is 529 g/mol. The molecule has 0 atom stereocenters. The minimum Gasteiger partial charge on any atom is -0.360 e. The Labute approximate surface area is 229 Å². The van der Waals surface area contributed by atoms with Crippen LogP contribution in [0.3, 0.4) is 0 Å². The van der Waals surface area contributed by atoms with Crippen molar-refractivity contribution >= 4 is 51.1 Å². The van der Waals surface area contributed by atoms with Gasteiger partial charge in [-0.25, -0.2) is 18.1 Å². The molecule has 39 heavy (non-hydrogen) atoms. The summed E-state index contributed by atoms with van der Waals surface area (Å²) in [6.07, 6.45) is 8.52. The summed E-state index contributed by atoms with van der Waals surface area (Å²) < 4.78 is 31.2. The fraction of sp³-hybridized carbons (Fsp3) is 0.286. The van der Waals surface area contributed by atoms with Gasteiger partial charge in [-0.1, -0.05) is 19.6 Å². The number of ether oxygens (including phenoxy) is 1. The molecule has 11 heteroatoms. The monoisotopic (exact) mass is 560 g/mol. The summed E-state index contributed by atoms with van der Waals surface area (Å²) in [6, 6.07) is 11.6. The highest BCUT2D eigenvalue weighted by Crippen LogP contribution is 2.32. The van der Waals surface area contributed by atoms with Crippen LogP contribution in [0, 0.1) is 6.92 Å². The number of hydrogen-bond donors (Lipinski definition) is 1. The first-order chi connectivity index (χ1) is 18.5.